The lowest BCUT2D eigenvalue weighted by Crippen LogP contribution is -2.44. The molecule has 0 radical (unpaired) electrons. The van der Waals surface area contributed by atoms with Crippen molar-refractivity contribution in [3.63, 3.8) is 0 Å². The van der Waals surface area contributed by atoms with E-state index in [2.05, 4.69) is 27.8 Å². The Morgan fingerprint density at radius 3 is 2.66 bits per heavy atom. The first kappa shape index (κ1) is 22.0. The van der Waals surface area contributed by atoms with Gasteiger partial charge in [-0.2, -0.15) is 0 Å². The fourth-order valence-electron chi connectivity index (χ4n) is 4.19. The molecule has 2 heterocycles. The number of aryl methyl sites for hydroxylation is 1. The third kappa shape index (κ3) is 4.80. The van der Waals surface area contributed by atoms with Gasteiger partial charge in [0.05, 0.1) is 12.5 Å². The van der Waals surface area contributed by atoms with E-state index < -0.39 is 0 Å². The Bertz CT molecular complexity index is 1120. The molecule has 1 fully saturated rings. The highest BCUT2D eigenvalue weighted by Crippen LogP contribution is 2.35. The van der Waals surface area contributed by atoms with Crippen LogP contribution >= 0.6 is 0 Å². The Hall–Kier alpha value is -3.26. The predicted octanol–water partition coefficient (Wildman–Crippen LogP) is 2.44. The molecular weight excluding hydrogens is 408 g/mol. The number of amides is 1. The predicted molar refractivity (Wildman–Crippen MR) is 121 cm³/mol. The molecule has 168 valence electrons. The molecule has 1 aromatic heterocycles. The van der Waals surface area contributed by atoms with Crippen LogP contribution in [-0.2, 0) is 21.5 Å². The molecule has 1 N–H and O–H groups in total. The molecule has 1 aliphatic rings. The van der Waals surface area contributed by atoms with Gasteiger partial charge in [-0.25, -0.2) is 4.68 Å². The zero-order valence-electron chi connectivity index (χ0n) is 18.3. The van der Waals surface area contributed by atoms with Crippen LogP contribution in [0.2, 0.25) is 0 Å². The van der Waals surface area contributed by atoms with Crippen LogP contribution in [0, 0.1) is 0 Å². The van der Waals surface area contributed by atoms with Crippen molar-refractivity contribution in [1.82, 2.24) is 20.3 Å². The van der Waals surface area contributed by atoms with Crippen molar-refractivity contribution in [2.24, 2.45) is 0 Å². The number of carbonyl (C=O) groups excluding carboxylic acids is 1. The lowest BCUT2D eigenvalue weighted by Gasteiger charge is -2.38. The second-order valence-electron chi connectivity index (χ2n) is 8.14. The number of methoxy groups -OCH3 is 1. The highest BCUT2D eigenvalue weighted by Gasteiger charge is 2.34. The summed E-state index contributed by atoms with van der Waals surface area (Å²) in [6.07, 6.45) is 2.52. The number of aromatic nitrogens is 3. The number of ether oxygens (including phenoxy) is 2. The molecule has 1 aliphatic heterocycles. The maximum absolute atomic E-state index is 12.6. The minimum absolute atomic E-state index is 0.0359. The maximum Gasteiger partial charge on any atom is 0.277 e. The molecule has 0 bridgehead atoms. The summed E-state index contributed by atoms with van der Waals surface area (Å²) < 4.78 is 12.2. The van der Waals surface area contributed by atoms with Crippen molar-refractivity contribution in [2.45, 2.75) is 37.6 Å². The lowest BCUT2D eigenvalue weighted by molar-refractivity contribution is -0.121. The molecule has 8 nitrogen and oxygen atoms in total. The van der Waals surface area contributed by atoms with Gasteiger partial charge in [-0.3, -0.25) is 9.59 Å². The minimum Gasteiger partial charge on any atom is -0.497 e. The van der Waals surface area contributed by atoms with Crippen molar-refractivity contribution in [3.8, 4) is 5.75 Å². The van der Waals surface area contributed by atoms with Crippen molar-refractivity contribution in [3.05, 3.63) is 64.4 Å². The second kappa shape index (κ2) is 9.91. The van der Waals surface area contributed by atoms with Gasteiger partial charge in [0, 0.05) is 38.1 Å². The second-order valence-corrected chi connectivity index (χ2v) is 8.14. The molecule has 0 atom stereocenters. The Balaban J connectivity index is 1.35. The standard InChI is InChI=1S/C24H28N4O4/c1-31-19-10-8-18(9-11-19)24(12-15-32-16-13-24)17-25-22(29)7-4-14-28-23(30)20-5-2-3-6-21(20)26-27-28/h2-3,5-6,8-11H,4,7,12-17H2,1H3,(H,25,29). The summed E-state index contributed by atoms with van der Waals surface area (Å²) in [6, 6.07) is 15.2. The molecule has 1 saturated heterocycles. The van der Waals surface area contributed by atoms with Gasteiger partial charge in [-0.05, 0) is 49.1 Å². The van der Waals surface area contributed by atoms with Gasteiger partial charge in [0.15, 0.2) is 0 Å². The van der Waals surface area contributed by atoms with Crippen LogP contribution < -0.4 is 15.6 Å². The van der Waals surface area contributed by atoms with Gasteiger partial charge >= 0.3 is 0 Å². The zero-order chi connectivity index (χ0) is 22.4. The zero-order valence-corrected chi connectivity index (χ0v) is 18.3. The third-order valence-corrected chi connectivity index (χ3v) is 6.18. The van der Waals surface area contributed by atoms with Crippen molar-refractivity contribution in [2.75, 3.05) is 26.9 Å². The van der Waals surface area contributed by atoms with Crippen LogP contribution in [0.25, 0.3) is 10.9 Å². The quantitative estimate of drug-likeness (QED) is 0.583. The van der Waals surface area contributed by atoms with E-state index in [0.717, 1.165) is 18.6 Å². The summed E-state index contributed by atoms with van der Waals surface area (Å²) in [6.45, 7) is 2.25. The van der Waals surface area contributed by atoms with E-state index in [1.54, 1.807) is 25.3 Å². The molecule has 0 spiro atoms. The summed E-state index contributed by atoms with van der Waals surface area (Å²) in [4.78, 5) is 25.1. The topological polar surface area (TPSA) is 95.3 Å². The molecular formula is C24H28N4O4. The summed E-state index contributed by atoms with van der Waals surface area (Å²) in [5.41, 5.74) is 1.42. The number of hydrogen-bond donors (Lipinski definition) is 1. The minimum atomic E-state index is -0.184. The number of nitrogens with one attached hydrogen (secondary N) is 1. The number of benzene rings is 2. The van der Waals surface area contributed by atoms with E-state index in [1.807, 2.05) is 18.2 Å². The Morgan fingerprint density at radius 2 is 1.91 bits per heavy atom. The maximum atomic E-state index is 12.6. The molecule has 1 amide bonds. The number of carbonyl (C=O) groups is 1. The molecule has 0 unspecified atom stereocenters. The Morgan fingerprint density at radius 1 is 1.16 bits per heavy atom. The molecule has 3 aromatic rings. The van der Waals surface area contributed by atoms with Gasteiger partial charge in [0.25, 0.3) is 5.56 Å². The molecule has 0 aliphatic carbocycles. The van der Waals surface area contributed by atoms with E-state index >= 15 is 0 Å². The van der Waals surface area contributed by atoms with Crippen LogP contribution in [0.1, 0.15) is 31.2 Å². The number of nitrogens with zero attached hydrogens (tertiary/aromatic N) is 3. The molecule has 32 heavy (non-hydrogen) atoms. The van der Waals surface area contributed by atoms with Crippen LogP contribution in [0.5, 0.6) is 5.75 Å². The van der Waals surface area contributed by atoms with E-state index in [0.29, 0.717) is 50.0 Å². The van der Waals surface area contributed by atoms with E-state index in [9.17, 15) is 9.59 Å². The van der Waals surface area contributed by atoms with Crippen LogP contribution in [0.15, 0.2) is 53.3 Å². The van der Waals surface area contributed by atoms with Crippen LogP contribution in [-0.4, -0.2) is 47.8 Å². The van der Waals surface area contributed by atoms with Gasteiger partial charge in [0.2, 0.25) is 5.91 Å². The summed E-state index contributed by atoms with van der Waals surface area (Å²) in [5, 5.41) is 11.7. The normalized spacial score (nSPS) is 15.4. The third-order valence-electron chi connectivity index (χ3n) is 6.18. The fourth-order valence-corrected chi connectivity index (χ4v) is 4.19. The lowest BCUT2D eigenvalue weighted by atomic mass is 9.74. The monoisotopic (exact) mass is 436 g/mol. The first-order chi connectivity index (χ1) is 15.6. The molecule has 8 heteroatoms. The highest BCUT2D eigenvalue weighted by atomic mass is 16.5. The van der Waals surface area contributed by atoms with Crippen LogP contribution in [0.4, 0.5) is 0 Å². The Labute approximate surface area is 186 Å². The van der Waals surface area contributed by atoms with Gasteiger partial charge < -0.3 is 14.8 Å². The smallest absolute Gasteiger partial charge is 0.277 e. The van der Waals surface area contributed by atoms with E-state index in [4.69, 9.17) is 9.47 Å². The summed E-state index contributed by atoms with van der Waals surface area (Å²) in [7, 11) is 1.65. The van der Waals surface area contributed by atoms with Gasteiger partial charge in [0.1, 0.15) is 11.3 Å². The highest BCUT2D eigenvalue weighted by molar-refractivity contribution is 5.76. The number of hydrogen-bond acceptors (Lipinski definition) is 6. The summed E-state index contributed by atoms with van der Waals surface area (Å²) in [5.74, 6) is 0.776. The molecule has 4 rings (SSSR count). The number of fused-ring (bicyclic) bond motifs is 1. The van der Waals surface area contributed by atoms with E-state index in [-0.39, 0.29) is 16.9 Å². The van der Waals surface area contributed by atoms with Crippen molar-refractivity contribution >= 4 is 16.8 Å². The average molecular weight is 437 g/mol. The SMILES string of the molecule is COc1ccc(C2(CNC(=O)CCCn3nnc4ccccc4c3=O)CCOCC2)cc1. The van der Waals surface area contributed by atoms with Crippen molar-refractivity contribution < 1.29 is 14.3 Å². The van der Waals surface area contributed by atoms with Gasteiger partial charge in [-0.1, -0.05) is 29.5 Å². The van der Waals surface area contributed by atoms with Crippen molar-refractivity contribution in [1.29, 1.82) is 0 Å². The fraction of sp³-hybridized carbons (Fsp3) is 0.417. The largest absolute Gasteiger partial charge is 0.497 e. The van der Waals surface area contributed by atoms with Gasteiger partial charge in [-0.15, -0.1) is 5.10 Å². The number of rotatable bonds is 8. The Kier molecular flexibility index (Phi) is 6.80. The summed E-state index contributed by atoms with van der Waals surface area (Å²) >= 11 is 0. The molecule has 0 saturated carbocycles. The average Bonchev–Trinajstić information content (AvgIpc) is 2.85. The van der Waals surface area contributed by atoms with E-state index in [1.165, 1.54) is 10.2 Å². The first-order valence-corrected chi connectivity index (χ1v) is 10.9. The first-order valence-electron chi connectivity index (χ1n) is 10.9. The van der Waals surface area contributed by atoms with Crippen LogP contribution in [0.3, 0.4) is 0 Å². The molecule has 2 aromatic carbocycles.